The van der Waals surface area contributed by atoms with Gasteiger partial charge < -0.3 is 4.74 Å². The van der Waals surface area contributed by atoms with E-state index in [4.69, 9.17) is 15.9 Å². The third-order valence-electron chi connectivity index (χ3n) is 11.7. The van der Waals surface area contributed by atoms with Gasteiger partial charge in [-0.25, -0.2) is 0 Å². The molecule has 5 N–H and O–H groups in total. The van der Waals surface area contributed by atoms with Gasteiger partial charge in [0.25, 0.3) is 0 Å². The highest BCUT2D eigenvalue weighted by Gasteiger charge is 2.37. The molecule has 5 atom stereocenters. The van der Waals surface area contributed by atoms with E-state index in [1.807, 2.05) is 6.07 Å². The van der Waals surface area contributed by atoms with E-state index in [-0.39, 0.29) is 23.5 Å². The summed E-state index contributed by atoms with van der Waals surface area (Å²) in [5.41, 5.74) is 14.1. The van der Waals surface area contributed by atoms with Crippen molar-refractivity contribution in [3.05, 3.63) is 171 Å². The standard InChI is InChI=1S/C46H50N4OS/c47-43(51-44(48)42-28-27-41(52-42)34-15-7-2-8-16-34)35-21-25-38(26-22-35)46(29-11-4-12-30-46)37-23-19-33(20-24-37)40-31-39(32-13-5-1-6-14-32)49-45(50-40)36-17-9-3-10-18-36/h1-3,5-7,9-10,13,15,17-28,32,39-40,43,45,48-50H,4,8,11-12,14,16,29-31,47H2. The molecule has 1 aromatic heterocycles. The molecule has 5 nitrogen and oxygen atoms in total. The molecule has 5 unspecified atom stereocenters. The zero-order chi connectivity index (χ0) is 35.3. The summed E-state index contributed by atoms with van der Waals surface area (Å²) in [7, 11) is 0. The smallest absolute Gasteiger partial charge is 0.225 e. The number of thiophene rings is 1. The molecule has 1 aliphatic heterocycles. The van der Waals surface area contributed by atoms with Gasteiger partial charge in [-0.05, 0) is 84.4 Å². The Hall–Kier alpha value is -4.33. The zero-order valence-electron chi connectivity index (χ0n) is 29.8. The minimum absolute atomic E-state index is 0.0286. The van der Waals surface area contributed by atoms with Crippen molar-refractivity contribution in [3.8, 4) is 0 Å². The molecular formula is C46H50N4OS. The molecule has 8 rings (SSSR count). The largest absolute Gasteiger partial charge is 0.454 e. The molecule has 0 amide bonds. The monoisotopic (exact) mass is 706 g/mol. The van der Waals surface area contributed by atoms with E-state index in [9.17, 15) is 0 Å². The van der Waals surface area contributed by atoms with Crippen LogP contribution in [-0.4, -0.2) is 11.9 Å². The summed E-state index contributed by atoms with van der Waals surface area (Å²) >= 11 is 1.60. The summed E-state index contributed by atoms with van der Waals surface area (Å²) in [5, 5.41) is 16.6. The van der Waals surface area contributed by atoms with Gasteiger partial charge in [-0.3, -0.25) is 21.8 Å². The maximum Gasteiger partial charge on any atom is 0.225 e. The lowest BCUT2D eigenvalue weighted by Crippen LogP contribution is -2.51. The Bertz CT molecular complexity index is 1950. The molecule has 0 radical (unpaired) electrons. The van der Waals surface area contributed by atoms with E-state index in [0.717, 1.165) is 49.0 Å². The van der Waals surface area contributed by atoms with Crippen LogP contribution in [0.5, 0.6) is 0 Å². The Morgan fingerprint density at radius 1 is 0.808 bits per heavy atom. The number of hydrogen-bond acceptors (Lipinski definition) is 6. The highest BCUT2D eigenvalue weighted by Crippen LogP contribution is 2.46. The first kappa shape index (κ1) is 34.7. The molecule has 3 aliphatic carbocycles. The van der Waals surface area contributed by atoms with Gasteiger partial charge in [0.1, 0.15) is 0 Å². The fraction of sp³-hybridized carbons (Fsp3) is 0.326. The lowest BCUT2D eigenvalue weighted by Gasteiger charge is -2.42. The van der Waals surface area contributed by atoms with Gasteiger partial charge in [0.2, 0.25) is 5.90 Å². The summed E-state index contributed by atoms with van der Waals surface area (Å²) in [6, 6.07) is 33.8. The van der Waals surface area contributed by atoms with Gasteiger partial charge in [0.15, 0.2) is 6.23 Å². The van der Waals surface area contributed by atoms with Crippen molar-refractivity contribution >= 4 is 22.8 Å². The first-order valence-corrected chi connectivity index (χ1v) is 20.0. The number of nitrogens with one attached hydrogen (secondary N) is 3. The minimum Gasteiger partial charge on any atom is -0.454 e. The van der Waals surface area contributed by atoms with Crippen LogP contribution >= 0.6 is 11.3 Å². The second kappa shape index (κ2) is 15.7. The van der Waals surface area contributed by atoms with Crippen molar-refractivity contribution in [2.24, 2.45) is 11.7 Å². The molecule has 0 bridgehead atoms. The number of ether oxygens (including phenoxy) is 1. The van der Waals surface area contributed by atoms with Gasteiger partial charge in [-0.2, -0.15) is 0 Å². The van der Waals surface area contributed by atoms with Crippen LogP contribution in [0.1, 0.15) is 114 Å². The molecule has 2 heterocycles. The first-order valence-electron chi connectivity index (χ1n) is 19.1. The van der Waals surface area contributed by atoms with Crippen molar-refractivity contribution in [1.82, 2.24) is 10.6 Å². The lowest BCUT2D eigenvalue weighted by molar-refractivity contribution is 0.199. The van der Waals surface area contributed by atoms with Gasteiger partial charge in [0, 0.05) is 27.9 Å². The zero-order valence-corrected chi connectivity index (χ0v) is 30.7. The highest BCUT2D eigenvalue weighted by atomic mass is 32.1. The van der Waals surface area contributed by atoms with E-state index >= 15 is 0 Å². The van der Waals surface area contributed by atoms with Gasteiger partial charge in [0.05, 0.1) is 11.0 Å². The van der Waals surface area contributed by atoms with Gasteiger partial charge in [-0.1, -0.05) is 141 Å². The number of nitrogens with two attached hydrogens (primary N) is 1. The van der Waals surface area contributed by atoms with Crippen LogP contribution in [-0.2, 0) is 10.2 Å². The topological polar surface area (TPSA) is 83.2 Å². The van der Waals surface area contributed by atoms with Crippen LogP contribution in [0.4, 0.5) is 0 Å². The molecule has 4 aromatic rings. The SMILES string of the molecule is N=C(OC(N)c1ccc(C2(c3ccc(C4CC(C5C=CC=CC5)NC(c5ccccc5)N4)cc3)CCCCC2)cc1)c1ccc(C2=CC=CCC2)s1. The summed E-state index contributed by atoms with van der Waals surface area (Å²) in [4.78, 5) is 1.99. The van der Waals surface area contributed by atoms with E-state index in [2.05, 4.69) is 138 Å². The van der Waals surface area contributed by atoms with Crippen LogP contribution < -0.4 is 16.4 Å². The van der Waals surface area contributed by atoms with E-state index < -0.39 is 6.23 Å². The molecule has 266 valence electrons. The number of benzene rings is 3. The van der Waals surface area contributed by atoms with E-state index in [1.165, 1.54) is 52.0 Å². The molecule has 4 aliphatic rings. The fourth-order valence-corrected chi connectivity index (χ4v) is 9.69. The van der Waals surface area contributed by atoms with Gasteiger partial charge >= 0.3 is 0 Å². The second-order valence-corrected chi connectivity index (χ2v) is 15.9. The predicted octanol–water partition coefficient (Wildman–Crippen LogP) is 10.6. The third kappa shape index (κ3) is 7.44. The van der Waals surface area contributed by atoms with E-state index in [1.54, 1.807) is 11.3 Å². The van der Waals surface area contributed by atoms with Crippen LogP contribution in [0.3, 0.4) is 0 Å². The molecule has 6 heteroatoms. The Labute approximate surface area is 312 Å². The third-order valence-corrected chi connectivity index (χ3v) is 12.8. The fourth-order valence-electron chi connectivity index (χ4n) is 8.74. The Morgan fingerprint density at radius 3 is 2.29 bits per heavy atom. The van der Waals surface area contributed by atoms with Crippen molar-refractivity contribution in [2.75, 3.05) is 0 Å². The molecule has 2 fully saturated rings. The van der Waals surface area contributed by atoms with Crippen LogP contribution in [0, 0.1) is 11.3 Å². The highest BCUT2D eigenvalue weighted by molar-refractivity contribution is 7.15. The van der Waals surface area contributed by atoms with Crippen molar-refractivity contribution in [1.29, 1.82) is 5.41 Å². The minimum atomic E-state index is -0.702. The van der Waals surface area contributed by atoms with Crippen molar-refractivity contribution < 1.29 is 4.74 Å². The molecule has 3 aromatic carbocycles. The Kier molecular flexibility index (Phi) is 10.5. The number of allylic oxidation sites excluding steroid dienone is 7. The Morgan fingerprint density at radius 2 is 1.58 bits per heavy atom. The van der Waals surface area contributed by atoms with E-state index in [0.29, 0.717) is 12.0 Å². The average molecular weight is 707 g/mol. The maximum absolute atomic E-state index is 8.65. The molecule has 0 spiro atoms. The van der Waals surface area contributed by atoms with Crippen LogP contribution in [0.25, 0.3) is 5.57 Å². The maximum atomic E-state index is 8.65. The summed E-state index contributed by atoms with van der Waals surface area (Å²) in [5.74, 6) is 0.614. The van der Waals surface area contributed by atoms with Crippen LogP contribution in [0.2, 0.25) is 0 Å². The van der Waals surface area contributed by atoms with Gasteiger partial charge in [-0.15, -0.1) is 11.3 Å². The molecule has 52 heavy (non-hydrogen) atoms. The second-order valence-electron chi connectivity index (χ2n) is 14.9. The molecular weight excluding hydrogens is 657 g/mol. The first-order chi connectivity index (χ1) is 25.6. The number of rotatable bonds is 9. The van der Waals surface area contributed by atoms with Crippen molar-refractivity contribution in [3.63, 3.8) is 0 Å². The Balaban J connectivity index is 0.987. The lowest BCUT2D eigenvalue weighted by atomic mass is 9.65. The molecule has 1 saturated carbocycles. The summed E-state index contributed by atoms with van der Waals surface area (Å²) in [6.07, 6.45) is 25.1. The quantitative estimate of drug-likeness (QED) is 0.0793. The summed E-state index contributed by atoms with van der Waals surface area (Å²) in [6.45, 7) is 0. The molecule has 1 saturated heterocycles. The van der Waals surface area contributed by atoms with Crippen molar-refractivity contribution in [2.45, 2.75) is 87.7 Å². The normalized spacial score (nSPS) is 24.6. The average Bonchev–Trinajstić information content (AvgIpc) is 3.73. The number of hydrogen-bond donors (Lipinski definition) is 4. The van der Waals surface area contributed by atoms with Crippen LogP contribution in [0.15, 0.2) is 134 Å². The predicted molar refractivity (Wildman–Crippen MR) is 215 cm³/mol. The summed E-state index contributed by atoms with van der Waals surface area (Å²) < 4.78 is 5.99.